The second-order valence-corrected chi connectivity index (χ2v) is 5.62. The van der Waals surface area contributed by atoms with Gasteiger partial charge in [-0.25, -0.2) is 0 Å². The minimum absolute atomic E-state index is 0.000318. The van der Waals surface area contributed by atoms with Crippen LogP contribution in [0.15, 0.2) is 54.6 Å². The van der Waals surface area contributed by atoms with Crippen LogP contribution in [0.2, 0.25) is 0 Å². The summed E-state index contributed by atoms with van der Waals surface area (Å²) in [6.07, 6.45) is 0.200. The molecule has 0 N–H and O–H groups in total. The summed E-state index contributed by atoms with van der Waals surface area (Å²) in [6.45, 7) is 3.76. The molecule has 22 heavy (non-hydrogen) atoms. The fourth-order valence-corrected chi connectivity index (χ4v) is 2.37. The third kappa shape index (κ3) is 3.95. The molecule has 2 aromatic rings. The van der Waals surface area contributed by atoms with Crippen molar-refractivity contribution in [2.45, 2.75) is 32.3 Å². The molecule has 0 aliphatic rings. The number of carbonyl (C=O) groups is 1. The highest BCUT2D eigenvalue weighted by Crippen LogP contribution is 2.30. The predicted octanol–water partition coefficient (Wildman–Crippen LogP) is 4.03. The van der Waals surface area contributed by atoms with Crippen molar-refractivity contribution >= 4 is 5.78 Å². The number of carbonyl (C=O) groups excluding carboxylic acids is 1. The van der Waals surface area contributed by atoms with Gasteiger partial charge in [-0.15, -0.1) is 0 Å². The number of nitriles is 1. The maximum atomic E-state index is 11.4. The molecule has 112 valence electrons. The molecule has 0 aliphatic heterocycles. The van der Waals surface area contributed by atoms with Gasteiger partial charge in [-0.2, -0.15) is 5.26 Å². The quantitative estimate of drug-likeness (QED) is 0.808. The lowest BCUT2D eigenvalue weighted by Crippen LogP contribution is -2.22. The Labute approximate surface area is 131 Å². The van der Waals surface area contributed by atoms with E-state index >= 15 is 0 Å². The summed E-state index contributed by atoms with van der Waals surface area (Å²) < 4.78 is 5.78. The fourth-order valence-electron chi connectivity index (χ4n) is 2.37. The molecule has 0 amide bonds. The number of hydrogen-bond donors (Lipinski definition) is 0. The van der Waals surface area contributed by atoms with E-state index < -0.39 is 5.41 Å². The van der Waals surface area contributed by atoms with Gasteiger partial charge in [0.1, 0.15) is 18.1 Å². The number of hydrogen-bond acceptors (Lipinski definition) is 3. The summed E-state index contributed by atoms with van der Waals surface area (Å²) in [5.41, 5.74) is 1.06. The van der Waals surface area contributed by atoms with Crippen molar-refractivity contribution in [1.82, 2.24) is 0 Å². The molecule has 1 atom stereocenters. The van der Waals surface area contributed by atoms with Gasteiger partial charge in [0.05, 0.1) is 11.5 Å². The van der Waals surface area contributed by atoms with Gasteiger partial charge in [-0.1, -0.05) is 42.5 Å². The molecule has 0 fully saturated rings. The Morgan fingerprint density at radius 1 is 1.18 bits per heavy atom. The Kier molecular flexibility index (Phi) is 4.95. The minimum Gasteiger partial charge on any atom is -0.489 e. The van der Waals surface area contributed by atoms with Gasteiger partial charge >= 0.3 is 0 Å². The Bertz CT molecular complexity index is 688. The molecule has 0 saturated heterocycles. The number of ketones is 1. The summed E-state index contributed by atoms with van der Waals surface area (Å²) in [4.78, 5) is 11.4. The molecular weight excluding hydrogens is 274 g/mol. The molecule has 0 saturated carbocycles. The van der Waals surface area contributed by atoms with Crippen LogP contribution >= 0.6 is 0 Å². The standard InChI is InChI=1S/C19H19NO2/c1-15(21)12-19(2,14-20)17-9-6-10-18(11-17)22-13-16-7-4-3-5-8-16/h3-11H,12-13H2,1-2H3. The summed E-state index contributed by atoms with van der Waals surface area (Å²) in [7, 11) is 0. The number of ether oxygens (including phenoxy) is 1. The van der Waals surface area contributed by atoms with Gasteiger partial charge in [0, 0.05) is 6.42 Å². The minimum atomic E-state index is -0.821. The first-order valence-electron chi connectivity index (χ1n) is 7.21. The van der Waals surface area contributed by atoms with Crippen molar-refractivity contribution < 1.29 is 9.53 Å². The van der Waals surface area contributed by atoms with E-state index in [1.807, 2.05) is 54.6 Å². The van der Waals surface area contributed by atoms with E-state index in [1.54, 1.807) is 6.92 Å². The van der Waals surface area contributed by atoms with Crippen LogP contribution in [0.4, 0.5) is 0 Å². The van der Waals surface area contributed by atoms with E-state index in [4.69, 9.17) is 4.74 Å². The maximum absolute atomic E-state index is 11.4. The van der Waals surface area contributed by atoms with Crippen LogP contribution in [-0.4, -0.2) is 5.78 Å². The number of nitrogens with zero attached hydrogens (tertiary/aromatic N) is 1. The van der Waals surface area contributed by atoms with Crippen molar-refractivity contribution in [3.8, 4) is 11.8 Å². The SMILES string of the molecule is CC(=O)CC(C)(C#N)c1cccc(OCc2ccccc2)c1. The van der Waals surface area contributed by atoms with Crippen LogP contribution in [0.3, 0.4) is 0 Å². The molecule has 0 aliphatic carbocycles. The normalized spacial score (nSPS) is 13.0. The van der Waals surface area contributed by atoms with Crippen LogP contribution in [0.1, 0.15) is 31.4 Å². The van der Waals surface area contributed by atoms with E-state index in [0.29, 0.717) is 12.4 Å². The van der Waals surface area contributed by atoms with Crippen molar-refractivity contribution in [2.24, 2.45) is 0 Å². The van der Waals surface area contributed by atoms with E-state index in [9.17, 15) is 10.1 Å². The average molecular weight is 293 g/mol. The van der Waals surface area contributed by atoms with Crippen LogP contribution in [-0.2, 0) is 16.8 Å². The first kappa shape index (κ1) is 15.8. The smallest absolute Gasteiger partial charge is 0.131 e. The number of rotatable bonds is 6. The highest BCUT2D eigenvalue weighted by Gasteiger charge is 2.28. The summed E-state index contributed by atoms with van der Waals surface area (Å²) >= 11 is 0. The third-order valence-corrected chi connectivity index (χ3v) is 3.57. The third-order valence-electron chi connectivity index (χ3n) is 3.57. The Morgan fingerprint density at radius 3 is 2.55 bits per heavy atom. The topological polar surface area (TPSA) is 50.1 Å². The van der Waals surface area contributed by atoms with Crippen molar-refractivity contribution in [2.75, 3.05) is 0 Å². The lowest BCUT2D eigenvalue weighted by Gasteiger charge is -2.21. The van der Waals surface area contributed by atoms with E-state index in [0.717, 1.165) is 11.1 Å². The molecule has 2 aromatic carbocycles. The fraction of sp³-hybridized carbons (Fsp3) is 0.263. The summed E-state index contributed by atoms with van der Waals surface area (Å²) in [5.74, 6) is 0.700. The lowest BCUT2D eigenvalue weighted by atomic mass is 9.80. The molecule has 3 nitrogen and oxygen atoms in total. The molecule has 3 heteroatoms. The number of Topliss-reactive ketones (excluding diaryl/α,β-unsaturated/α-hetero) is 1. The van der Waals surface area contributed by atoms with E-state index in [1.165, 1.54) is 6.92 Å². The van der Waals surface area contributed by atoms with E-state index in [-0.39, 0.29) is 12.2 Å². The van der Waals surface area contributed by atoms with Gasteiger partial charge in [-0.05, 0) is 37.1 Å². The summed E-state index contributed by atoms with van der Waals surface area (Å²) in [5, 5.41) is 9.44. The lowest BCUT2D eigenvalue weighted by molar-refractivity contribution is -0.117. The van der Waals surface area contributed by atoms with Crippen LogP contribution in [0.25, 0.3) is 0 Å². The number of benzene rings is 2. The molecule has 2 rings (SSSR count). The summed E-state index contributed by atoms with van der Waals surface area (Å²) in [6, 6.07) is 19.6. The monoisotopic (exact) mass is 293 g/mol. The van der Waals surface area contributed by atoms with Gasteiger partial charge in [0.2, 0.25) is 0 Å². The van der Waals surface area contributed by atoms with Crippen molar-refractivity contribution in [3.05, 3.63) is 65.7 Å². The van der Waals surface area contributed by atoms with Crippen molar-refractivity contribution in [1.29, 1.82) is 5.26 Å². The Balaban J connectivity index is 2.16. The van der Waals surface area contributed by atoms with Crippen LogP contribution < -0.4 is 4.74 Å². The zero-order valence-electron chi connectivity index (χ0n) is 12.9. The molecule has 0 aromatic heterocycles. The second-order valence-electron chi connectivity index (χ2n) is 5.62. The van der Waals surface area contributed by atoms with Gasteiger partial charge in [-0.3, -0.25) is 4.79 Å². The molecule has 0 radical (unpaired) electrons. The second kappa shape index (κ2) is 6.91. The predicted molar refractivity (Wildman–Crippen MR) is 85.5 cm³/mol. The largest absolute Gasteiger partial charge is 0.489 e. The highest BCUT2D eigenvalue weighted by atomic mass is 16.5. The zero-order valence-corrected chi connectivity index (χ0v) is 12.9. The van der Waals surface area contributed by atoms with Crippen molar-refractivity contribution in [3.63, 3.8) is 0 Å². The van der Waals surface area contributed by atoms with Gasteiger partial charge in [0.25, 0.3) is 0 Å². The van der Waals surface area contributed by atoms with Gasteiger partial charge in [0.15, 0.2) is 0 Å². The highest BCUT2D eigenvalue weighted by molar-refractivity contribution is 5.77. The first-order chi connectivity index (χ1) is 10.5. The van der Waals surface area contributed by atoms with Crippen LogP contribution in [0.5, 0.6) is 5.75 Å². The van der Waals surface area contributed by atoms with E-state index in [2.05, 4.69) is 6.07 Å². The Morgan fingerprint density at radius 2 is 1.91 bits per heavy atom. The molecular formula is C19H19NO2. The Hall–Kier alpha value is -2.60. The molecule has 1 unspecified atom stereocenters. The molecule has 0 bridgehead atoms. The average Bonchev–Trinajstić information content (AvgIpc) is 2.53. The van der Waals surface area contributed by atoms with Gasteiger partial charge < -0.3 is 4.74 Å². The first-order valence-corrected chi connectivity index (χ1v) is 7.21. The van der Waals surface area contributed by atoms with Crippen LogP contribution in [0, 0.1) is 11.3 Å². The molecule has 0 spiro atoms. The zero-order chi connectivity index (χ0) is 16.0. The maximum Gasteiger partial charge on any atom is 0.131 e. The molecule has 0 heterocycles.